The summed E-state index contributed by atoms with van der Waals surface area (Å²) in [4.78, 5) is 12.7. The molecule has 1 aromatic rings. The molecule has 0 radical (unpaired) electrons. The van der Waals surface area contributed by atoms with Gasteiger partial charge in [0.25, 0.3) is 0 Å². The van der Waals surface area contributed by atoms with E-state index in [1.54, 1.807) is 0 Å². The predicted molar refractivity (Wildman–Crippen MR) is 81.7 cm³/mol. The van der Waals surface area contributed by atoms with Gasteiger partial charge in [0.05, 0.1) is 0 Å². The van der Waals surface area contributed by atoms with Gasteiger partial charge in [0, 0.05) is 18.4 Å². The minimum atomic E-state index is 0.118. The molecule has 0 aromatic heterocycles. The SMILES string of the molecule is Cc1cc(C)c(CC(=O)C2C3CCC(C3)C2N)c(C)c1. The fourth-order valence-electron chi connectivity index (χ4n) is 4.59. The van der Waals surface area contributed by atoms with E-state index >= 15 is 0 Å². The summed E-state index contributed by atoms with van der Waals surface area (Å²) in [6.45, 7) is 6.34. The fraction of sp³-hybridized carbons (Fsp3) is 0.611. The molecule has 20 heavy (non-hydrogen) atoms. The van der Waals surface area contributed by atoms with Crippen molar-refractivity contribution in [3.05, 3.63) is 34.4 Å². The lowest BCUT2D eigenvalue weighted by Gasteiger charge is -2.27. The van der Waals surface area contributed by atoms with Crippen LogP contribution in [0.1, 0.15) is 41.5 Å². The van der Waals surface area contributed by atoms with E-state index in [4.69, 9.17) is 5.73 Å². The molecule has 2 bridgehead atoms. The molecule has 2 nitrogen and oxygen atoms in total. The molecular formula is C18H25NO. The summed E-state index contributed by atoms with van der Waals surface area (Å²) < 4.78 is 0. The molecule has 2 heteroatoms. The second kappa shape index (κ2) is 5.00. The fourth-order valence-corrected chi connectivity index (χ4v) is 4.59. The number of benzene rings is 1. The van der Waals surface area contributed by atoms with E-state index < -0.39 is 0 Å². The molecule has 2 aliphatic rings. The molecule has 2 fully saturated rings. The lowest BCUT2D eigenvalue weighted by atomic mass is 9.79. The molecule has 1 aromatic carbocycles. The summed E-state index contributed by atoms with van der Waals surface area (Å²) in [5.74, 6) is 1.66. The molecule has 0 amide bonds. The number of rotatable bonds is 3. The topological polar surface area (TPSA) is 43.1 Å². The third-order valence-electron chi connectivity index (χ3n) is 5.54. The quantitative estimate of drug-likeness (QED) is 0.918. The van der Waals surface area contributed by atoms with Crippen LogP contribution in [-0.2, 0) is 11.2 Å². The summed E-state index contributed by atoms with van der Waals surface area (Å²) in [6, 6.07) is 4.47. The molecule has 0 aliphatic heterocycles. The van der Waals surface area contributed by atoms with E-state index in [0.717, 1.165) is 0 Å². The van der Waals surface area contributed by atoms with Crippen molar-refractivity contribution >= 4 is 5.78 Å². The van der Waals surface area contributed by atoms with Gasteiger partial charge in [-0.1, -0.05) is 17.7 Å². The zero-order chi connectivity index (χ0) is 14.4. The zero-order valence-corrected chi connectivity index (χ0v) is 12.8. The Kier molecular flexibility index (Phi) is 3.45. The number of fused-ring (bicyclic) bond motifs is 2. The normalized spacial score (nSPS) is 31.8. The van der Waals surface area contributed by atoms with Crippen LogP contribution in [0.15, 0.2) is 12.1 Å². The molecule has 4 atom stereocenters. The molecule has 2 N–H and O–H groups in total. The number of carbonyl (C=O) groups excluding carboxylic acids is 1. The van der Waals surface area contributed by atoms with Gasteiger partial charge in [0.2, 0.25) is 0 Å². The van der Waals surface area contributed by atoms with Crippen molar-refractivity contribution in [2.45, 2.75) is 52.5 Å². The zero-order valence-electron chi connectivity index (χ0n) is 12.8. The third kappa shape index (κ3) is 2.20. The van der Waals surface area contributed by atoms with Gasteiger partial charge < -0.3 is 5.73 Å². The van der Waals surface area contributed by atoms with Crippen molar-refractivity contribution < 1.29 is 4.79 Å². The first-order valence-electron chi connectivity index (χ1n) is 7.82. The third-order valence-corrected chi connectivity index (χ3v) is 5.54. The van der Waals surface area contributed by atoms with Crippen LogP contribution >= 0.6 is 0 Å². The Bertz CT molecular complexity index is 523. The number of Topliss-reactive ketones (excluding diaryl/α,β-unsaturated/α-hetero) is 1. The summed E-state index contributed by atoms with van der Waals surface area (Å²) in [5.41, 5.74) is 11.3. The molecule has 0 saturated heterocycles. The van der Waals surface area contributed by atoms with Crippen molar-refractivity contribution in [1.29, 1.82) is 0 Å². The van der Waals surface area contributed by atoms with Crippen LogP contribution in [0.25, 0.3) is 0 Å². The number of hydrogen-bond donors (Lipinski definition) is 1. The van der Waals surface area contributed by atoms with E-state index in [2.05, 4.69) is 32.9 Å². The molecule has 4 unspecified atom stereocenters. The molecule has 0 heterocycles. The lowest BCUT2D eigenvalue weighted by Crippen LogP contribution is -2.40. The maximum absolute atomic E-state index is 12.7. The van der Waals surface area contributed by atoms with Gasteiger partial charge >= 0.3 is 0 Å². The summed E-state index contributed by atoms with van der Waals surface area (Å²) in [6.07, 6.45) is 4.20. The van der Waals surface area contributed by atoms with Gasteiger partial charge in [-0.15, -0.1) is 0 Å². The first-order valence-corrected chi connectivity index (χ1v) is 7.82. The first-order chi connectivity index (χ1) is 9.47. The highest BCUT2D eigenvalue weighted by Crippen LogP contribution is 2.48. The number of nitrogens with two attached hydrogens (primary N) is 1. The van der Waals surface area contributed by atoms with Crippen LogP contribution in [-0.4, -0.2) is 11.8 Å². The molecule has 2 aliphatic carbocycles. The summed E-state index contributed by atoms with van der Waals surface area (Å²) in [7, 11) is 0. The van der Waals surface area contributed by atoms with Crippen LogP contribution in [0, 0.1) is 38.5 Å². The summed E-state index contributed by atoms with van der Waals surface area (Å²) in [5, 5.41) is 0. The van der Waals surface area contributed by atoms with Crippen molar-refractivity contribution in [3.63, 3.8) is 0 Å². The second-order valence-electron chi connectivity index (χ2n) is 6.96. The number of hydrogen-bond acceptors (Lipinski definition) is 2. The predicted octanol–water partition coefficient (Wildman–Crippen LogP) is 3.10. The van der Waals surface area contributed by atoms with Gasteiger partial charge in [0.15, 0.2) is 0 Å². The maximum atomic E-state index is 12.7. The van der Waals surface area contributed by atoms with Gasteiger partial charge in [0.1, 0.15) is 5.78 Å². The average Bonchev–Trinajstić information content (AvgIpc) is 2.94. The monoisotopic (exact) mass is 271 g/mol. The Morgan fingerprint density at radius 2 is 1.75 bits per heavy atom. The van der Waals surface area contributed by atoms with Crippen molar-refractivity contribution in [3.8, 4) is 0 Å². The van der Waals surface area contributed by atoms with Gasteiger partial charge in [-0.25, -0.2) is 0 Å². The smallest absolute Gasteiger partial charge is 0.142 e. The highest BCUT2D eigenvalue weighted by Gasteiger charge is 2.48. The highest BCUT2D eigenvalue weighted by molar-refractivity contribution is 5.85. The van der Waals surface area contributed by atoms with Crippen LogP contribution in [0.5, 0.6) is 0 Å². The van der Waals surface area contributed by atoms with Crippen LogP contribution in [0.4, 0.5) is 0 Å². The van der Waals surface area contributed by atoms with Gasteiger partial charge in [-0.2, -0.15) is 0 Å². The van der Waals surface area contributed by atoms with Crippen LogP contribution in [0.2, 0.25) is 0 Å². The Hall–Kier alpha value is -1.15. The van der Waals surface area contributed by atoms with E-state index in [9.17, 15) is 4.79 Å². The van der Waals surface area contributed by atoms with E-state index in [1.165, 1.54) is 41.5 Å². The number of aryl methyl sites for hydroxylation is 3. The minimum absolute atomic E-state index is 0.118. The molecule has 2 saturated carbocycles. The molecule has 3 rings (SSSR count). The number of carbonyl (C=O) groups is 1. The van der Waals surface area contributed by atoms with Gasteiger partial charge in [-0.3, -0.25) is 4.79 Å². The van der Waals surface area contributed by atoms with Gasteiger partial charge in [-0.05, 0) is 68.6 Å². The average molecular weight is 271 g/mol. The molecule has 0 spiro atoms. The largest absolute Gasteiger partial charge is 0.327 e. The van der Waals surface area contributed by atoms with E-state index in [0.29, 0.717) is 24.0 Å². The Labute approximate surface area is 121 Å². The van der Waals surface area contributed by atoms with E-state index in [-0.39, 0.29) is 12.0 Å². The summed E-state index contributed by atoms with van der Waals surface area (Å²) >= 11 is 0. The Morgan fingerprint density at radius 1 is 1.15 bits per heavy atom. The van der Waals surface area contributed by atoms with Crippen LogP contribution < -0.4 is 5.73 Å². The highest BCUT2D eigenvalue weighted by atomic mass is 16.1. The van der Waals surface area contributed by atoms with Crippen molar-refractivity contribution in [2.75, 3.05) is 0 Å². The Morgan fingerprint density at radius 3 is 2.30 bits per heavy atom. The Balaban J connectivity index is 1.80. The van der Waals surface area contributed by atoms with Crippen molar-refractivity contribution in [2.24, 2.45) is 23.5 Å². The molecule has 108 valence electrons. The molecular weight excluding hydrogens is 246 g/mol. The first kappa shape index (κ1) is 13.8. The lowest BCUT2D eigenvalue weighted by molar-refractivity contribution is -0.124. The minimum Gasteiger partial charge on any atom is -0.327 e. The van der Waals surface area contributed by atoms with Crippen molar-refractivity contribution in [1.82, 2.24) is 0 Å². The maximum Gasteiger partial charge on any atom is 0.142 e. The van der Waals surface area contributed by atoms with Crippen LogP contribution in [0.3, 0.4) is 0 Å². The number of ketones is 1. The van der Waals surface area contributed by atoms with E-state index in [1.807, 2.05) is 0 Å². The standard InChI is InChI=1S/C18H25NO/c1-10-6-11(2)15(12(3)7-10)9-16(20)17-13-4-5-14(8-13)18(17)19/h6-7,13-14,17-18H,4-5,8-9,19H2,1-3H3. The second-order valence-corrected chi connectivity index (χ2v) is 6.96.